The fourth-order valence-electron chi connectivity index (χ4n) is 2.02. The lowest BCUT2D eigenvalue weighted by atomic mass is 10.00. The van der Waals surface area contributed by atoms with E-state index in [4.69, 9.17) is 4.74 Å². The second-order valence-electron chi connectivity index (χ2n) is 4.64. The first-order chi connectivity index (χ1) is 7.51. The van der Waals surface area contributed by atoms with E-state index in [2.05, 4.69) is 32.0 Å². The molecule has 0 aliphatic rings. The first-order valence-corrected chi connectivity index (χ1v) is 5.79. The topological polar surface area (TPSA) is 29.5 Å². The van der Waals surface area contributed by atoms with Gasteiger partial charge in [0.1, 0.15) is 0 Å². The van der Waals surface area contributed by atoms with Gasteiger partial charge in [0.05, 0.1) is 12.2 Å². The van der Waals surface area contributed by atoms with Crippen molar-refractivity contribution >= 4 is 0 Å². The van der Waals surface area contributed by atoms with Crippen molar-refractivity contribution in [1.82, 2.24) is 0 Å². The molecule has 0 fully saturated rings. The highest BCUT2D eigenvalue weighted by atomic mass is 16.5. The highest BCUT2D eigenvalue weighted by Gasteiger charge is 2.10. The number of aryl methyl sites for hydroxylation is 2. The molecule has 0 amide bonds. The number of hydrogen-bond acceptors (Lipinski definition) is 2. The van der Waals surface area contributed by atoms with Crippen molar-refractivity contribution in [3.05, 3.63) is 34.9 Å². The molecule has 1 aromatic carbocycles. The Bertz CT molecular complexity index is 313. The Morgan fingerprint density at radius 2 is 1.75 bits per heavy atom. The fraction of sp³-hybridized carbons (Fsp3) is 0.571. The SMILES string of the molecule is COC(C)CC(O)Cc1cc(C)cc(C)c1. The van der Waals surface area contributed by atoms with Crippen LogP contribution in [0.1, 0.15) is 30.0 Å². The molecule has 0 saturated heterocycles. The predicted octanol–water partition coefficient (Wildman–Crippen LogP) is 2.63. The Morgan fingerprint density at radius 3 is 2.25 bits per heavy atom. The maximum atomic E-state index is 9.91. The highest BCUT2D eigenvalue weighted by molar-refractivity contribution is 5.28. The molecule has 0 heterocycles. The van der Waals surface area contributed by atoms with Gasteiger partial charge in [-0.05, 0) is 39.2 Å². The van der Waals surface area contributed by atoms with Gasteiger partial charge in [0, 0.05) is 7.11 Å². The van der Waals surface area contributed by atoms with E-state index in [0.29, 0.717) is 12.8 Å². The quantitative estimate of drug-likeness (QED) is 0.830. The summed E-state index contributed by atoms with van der Waals surface area (Å²) in [6.07, 6.45) is 1.18. The van der Waals surface area contributed by atoms with E-state index in [-0.39, 0.29) is 12.2 Å². The Kier molecular flexibility index (Phi) is 4.97. The second-order valence-corrected chi connectivity index (χ2v) is 4.64. The fourth-order valence-corrected chi connectivity index (χ4v) is 2.02. The van der Waals surface area contributed by atoms with Crippen molar-refractivity contribution in [3.8, 4) is 0 Å². The molecule has 2 unspecified atom stereocenters. The van der Waals surface area contributed by atoms with E-state index in [9.17, 15) is 5.11 Å². The van der Waals surface area contributed by atoms with Gasteiger partial charge < -0.3 is 9.84 Å². The van der Waals surface area contributed by atoms with E-state index < -0.39 is 0 Å². The van der Waals surface area contributed by atoms with Crippen molar-refractivity contribution in [3.63, 3.8) is 0 Å². The van der Waals surface area contributed by atoms with Gasteiger partial charge in [-0.15, -0.1) is 0 Å². The van der Waals surface area contributed by atoms with E-state index in [1.54, 1.807) is 7.11 Å². The van der Waals surface area contributed by atoms with Crippen molar-refractivity contribution in [1.29, 1.82) is 0 Å². The Hall–Kier alpha value is -0.860. The molecule has 1 N–H and O–H groups in total. The van der Waals surface area contributed by atoms with Crippen LogP contribution in [0.25, 0.3) is 0 Å². The van der Waals surface area contributed by atoms with Crippen LogP contribution < -0.4 is 0 Å². The Morgan fingerprint density at radius 1 is 1.19 bits per heavy atom. The van der Waals surface area contributed by atoms with Crippen LogP contribution in [-0.4, -0.2) is 24.4 Å². The molecule has 0 aliphatic heterocycles. The molecule has 0 aliphatic carbocycles. The molecule has 1 rings (SSSR count). The summed E-state index contributed by atoms with van der Waals surface area (Å²) < 4.78 is 5.15. The highest BCUT2D eigenvalue weighted by Crippen LogP contribution is 2.13. The van der Waals surface area contributed by atoms with Crippen molar-refractivity contribution in [2.24, 2.45) is 0 Å². The van der Waals surface area contributed by atoms with Crippen LogP contribution in [0.4, 0.5) is 0 Å². The standard InChI is InChI=1S/C14H22O2/c1-10-5-11(2)7-13(6-10)9-14(15)8-12(3)16-4/h5-7,12,14-15H,8-9H2,1-4H3. The summed E-state index contributed by atoms with van der Waals surface area (Å²) >= 11 is 0. The molecule has 90 valence electrons. The van der Waals surface area contributed by atoms with Gasteiger partial charge in [0.25, 0.3) is 0 Å². The zero-order valence-corrected chi connectivity index (χ0v) is 10.7. The third-order valence-corrected chi connectivity index (χ3v) is 2.76. The van der Waals surface area contributed by atoms with Crippen molar-refractivity contribution in [2.75, 3.05) is 7.11 Å². The van der Waals surface area contributed by atoms with Gasteiger partial charge in [-0.3, -0.25) is 0 Å². The van der Waals surface area contributed by atoms with Gasteiger partial charge in [0.15, 0.2) is 0 Å². The van der Waals surface area contributed by atoms with Crippen LogP contribution >= 0.6 is 0 Å². The molecular weight excluding hydrogens is 200 g/mol. The molecule has 2 heteroatoms. The molecule has 0 saturated carbocycles. The summed E-state index contributed by atoms with van der Waals surface area (Å²) in [6.45, 7) is 6.14. The lowest BCUT2D eigenvalue weighted by Gasteiger charge is -2.15. The number of benzene rings is 1. The van der Waals surface area contributed by atoms with Gasteiger partial charge in [-0.25, -0.2) is 0 Å². The summed E-state index contributed by atoms with van der Waals surface area (Å²) in [5.74, 6) is 0. The molecule has 0 spiro atoms. The monoisotopic (exact) mass is 222 g/mol. The van der Waals surface area contributed by atoms with Gasteiger partial charge >= 0.3 is 0 Å². The maximum absolute atomic E-state index is 9.91. The largest absolute Gasteiger partial charge is 0.393 e. The zero-order valence-electron chi connectivity index (χ0n) is 10.7. The summed E-state index contributed by atoms with van der Waals surface area (Å²) in [5, 5.41) is 9.91. The van der Waals surface area contributed by atoms with Gasteiger partial charge in [-0.1, -0.05) is 29.3 Å². The number of aliphatic hydroxyl groups is 1. The molecule has 0 radical (unpaired) electrons. The zero-order chi connectivity index (χ0) is 12.1. The summed E-state index contributed by atoms with van der Waals surface area (Å²) in [5.41, 5.74) is 3.71. The average molecular weight is 222 g/mol. The van der Waals surface area contributed by atoms with Crippen LogP contribution in [0, 0.1) is 13.8 Å². The number of hydrogen-bond donors (Lipinski definition) is 1. The minimum absolute atomic E-state index is 0.112. The normalized spacial score (nSPS) is 14.8. The molecule has 2 atom stereocenters. The predicted molar refractivity (Wildman–Crippen MR) is 66.7 cm³/mol. The number of methoxy groups -OCH3 is 1. The van der Waals surface area contributed by atoms with Crippen LogP contribution in [-0.2, 0) is 11.2 Å². The summed E-state index contributed by atoms with van der Waals surface area (Å²) in [4.78, 5) is 0. The minimum Gasteiger partial charge on any atom is -0.393 e. The van der Waals surface area contributed by atoms with E-state index in [0.717, 1.165) is 0 Å². The van der Waals surface area contributed by atoms with Crippen LogP contribution in [0.3, 0.4) is 0 Å². The second kappa shape index (κ2) is 6.02. The van der Waals surface area contributed by atoms with E-state index >= 15 is 0 Å². The minimum atomic E-state index is -0.323. The Balaban J connectivity index is 2.58. The van der Waals surface area contributed by atoms with Crippen molar-refractivity contribution in [2.45, 2.75) is 45.8 Å². The average Bonchev–Trinajstić information content (AvgIpc) is 2.15. The molecule has 0 bridgehead atoms. The lowest BCUT2D eigenvalue weighted by molar-refractivity contribution is 0.0565. The Labute approximate surface area is 98.3 Å². The maximum Gasteiger partial charge on any atom is 0.0605 e. The molecule has 2 nitrogen and oxygen atoms in total. The van der Waals surface area contributed by atoms with Crippen LogP contribution in [0.2, 0.25) is 0 Å². The first-order valence-electron chi connectivity index (χ1n) is 5.79. The molecule has 1 aromatic rings. The molecular formula is C14H22O2. The molecule has 0 aromatic heterocycles. The van der Waals surface area contributed by atoms with E-state index in [1.165, 1.54) is 16.7 Å². The number of aliphatic hydroxyl groups excluding tert-OH is 1. The number of ether oxygens (including phenoxy) is 1. The van der Waals surface area contributed by atoms with Gasteiger partial charge in [-0.2, -0.15) is 0 Å². The van der Waals surface area contributed by atoms with Crippen LogP contribution in [0.5, 0.6) is 0 Å². The third-order valence-electron chi connectivity index (χ3n) is 2.76. The summed E-state index contributed by atoms with van der Waals surface area (Å²) in [7, 11) is 1.67. The first kappa shape index (κ1) is 13.2. The summed E-state index contributed by atoms with van der Waals surface area (Å²) in [6, 6.07) is 6.41. The van der Waals surface area contributed by atoms with Crippen LogP contribution in [0.15, 0.2) is 18.2 Å². The van der Waals surface area contributed by atoms with E-state index in [1.807, 2.05) is 6.92 Å². The molecule has 16 heavy (non-hydrogen) atoms. The van der Waals surface area contributed by atoms with Crippen molar-refractivity contribution < 1.29 is 9.84 Å². The third kappa shape index (κ3) is 4.33. The van der Waals surface area contributed by atoms with Gasteiger partial charge in [0.2, 0.25) is 0 Å². The lowest BCUT2D eigenvalue weighted by Crippen LogP contribution is -2.19. The smallest absolute Gasteiger partial charge is 0.0605 e. The number of rotatable bonds is 5.